The van der Waals surface area contributed by atoms with Crippen LogP contribution < -0.4 is 10.1 Å². The fraction of sp³-hybridized carbons (Fsp3) is 0.286. The van der Waals surface area contributed by atoms with Crippen molar-refractivity contribution in [2.75, 3.05) is 19.0 Å². The van der Waals surface area contributed by atoms with Crippen LogP contribution in [0.2, 0.25) is 0 Å². The van der Waals surface area contributed by atoms with Crippen LogP contribution in [-0.2, 0) is 0 Å². The number of amides is 2. The first-order chi connectivity index (χ1) is 13.6. The smallest absolute Gasteiger partial charge is 0.322 e. The highest BCUT2D eigenvalue weighted by atomic mass is 16.5. The lowest BCUT2D eigenvalue weighted by molar-refractivity contribution is 0.193. The number of ether oxygens (including phenoxy) is 1. The van der Waals surface area contributed by atoms with Crippen molar-refractivity contribution in [2.45, 2.75) is 25.8 Å². The Kier molecular flexibility index (Phi) is 4.97. The number of nitrogens with zero attached hydrogens (tertiary/aromatic N) is 3. The molecule has 7 nitrogen and oxygen atoms in total. The van der Waals surface area contributed by atoms with Crippen LogP contribution in [-0.4, -0.2) is 34.7 Å². The van der Waals surface area contributed by atoms with Gasteiger partial charge in [-0.15, -0.1) is 0 Å². The van der Waals surface area contributed by atoms with E-state index in [0.29, 0.717) is 29.7 Å². The van der Waals surface area contributed by atoms with Crippen LogP contribution in [0.25, 0.3) is 11.4 Å². The second-order valence-corrected chi connectivity index (χ2v) is 6.84. The summed E-state index contributed by atoms with van der Waals surface area (Å²) in [6, 6.07) is 14.8. The minimum Gasteiger partial charge on any atom is -0.497 e. The molecule has 2 amide bonds. The van der Waals surface area contributed by atoms with Gasteiger partial charge in [-0.25, -0.2) is 4.79 Å². The Labute approximate surface area is 163 Å². The minimum absolute atomic E-state index is 0.189. The largest absolute Gasteiger partial charge is 0.497 e. The standard InChI is InChI=1S/C21H22N4O3/c1-14-6-3-7-15(12-14)19-23-20(28-24-19)18-10-5-11-25(18)21(26)22-16-8-4-9-17(13-16)27-2/h3-4,6-9,12-13,18H,5,10-11H2,1-2H3,(H,22,26)/t18-/m1/s1. The van der Waals surface area contributed by atoms with E-state index in [2.05, 4.69) is 15.5 Å². The first kappa shape index (κ1) is 18.0. The molecule has 0 aliphatic carbocycles. The molecule has 1 aromatic heterocycles. The zero-order chi connectivity index (χ0) is 19.5. The first-order valence-corrected chi connectivity index (χ1v) is 9.26. The molecule has 1 fully saturated rings. The summed E-state index contributed by atoms with van der Waals surface area (Å²) in [5.74, 6) is 1.70. The van der Waals surface area contributed by atoms with E-state index < -0.39 is 0 Å². The summed E-state index contributed by atoms with van der Waals surface area (Å²) >= 11 is 0. The lowest BCUT2D eigenvalue weighted by Crippen LogP contribution is -2.34. The van der Waals surface area contributed by atoms with E-state index in [1.807, 2.05) is 49.4 Å². The average Bonchev–Trinajstić information content (AvgIpc) is 3.37. The molecule has 0 saturated carbocycles. The number of aromatic nitrogens is 2. The number of hydrogen-bond acceptors (Lipinski definition) is 5. The number of likely N-dealkylation sites (tertiary alicyclic amines) is 1. The number of rotatable bonds is 4. The number of carbonyl (C=O) groups is 1. The minimum atomic E-state index is -0.225. The SMILES string of the molecule is COc1cccc(NC(=O)N2CCC[C@@H]2c2nc(-c3cccc(C)c3)no2)c1. The van der Waals surface area contributed by atoms with Crippen LogP contribution in [0.3, 0.4) is 0 Å². The average molecular weight is 378 g/mol. The molecular weight excluding hydrogens is 356 g/mol. The molecule has 28 heavy (non-hydrogen) atoms. The van der Waals surface area contributed by atoms with Crippen molar-refractivity contribution in [3.8, 4) is 17.1 Å². The van der Waals surface area contributed by atoms with Gasteiger partial charge in [0.1, 0.15) is 11.8 Å². The Bertz CT molecular complexity index is 985. The maximum atomic E-state index is 12.8. The van der Waals surface area contributed by atoms with Crippen molar-refractivity contribution in [3.05, 3.63) is 60.0 Å². The predicted molar refractivity (Wildman–Crippen MR) is 105 cm³/mol. The second kappa shape index (κ2) is 7.72. The maximum Gasteiger partial charge on any atom is 0.322 e. The molecule has 2 heterocycles. The molecule has 0 spiro atoms. The van der Waals surface area contributed by atoms with E-state index in [0.717, 1.165) is 24.0 Å². The maximum absolute atomic E-state index is 12.8. The van der Waals surface area contributed by atoms with Gasteiger partial charge in [-0.05, 0) is 38.0 Å². The topological polar surface area (TPSA) is 80.5 Å². The summed E-state index contributed by atoms with van der Waals surface area (Å²) in [6.07, 6.45) is 1.68. The van der Waals surface area contributed by atoms with Gasteiger partial charge in [0.25, 0.3) is 0 Å². The molecule has 0 radical (unpaired) electrons. The molecule has 1 atom stereocenters. The van der Waals surface area contributed by atoms with Crippen molar-refractivity contribution in [3.63, 3.8) is 0 Å². The van der Waals surface area contributed by atoms with Crippen molar-refractivity contribution in [2.24, 2.45) is 0 Å². The molecular formula is C21H22N4O3. The Morgan fingerprint density at radius 3 is 2.93 bits per heavy atom. The highest BCUT2D eigenvalue weighted by Crippen LogP contribution is 2.32. The summed E-state index contributed by atoms with van der Waals surface area (Å²) in [4.78, 5) is 19.1. The Hall–Kier alpha value is -3.35. The predicted octanol–water partition coefficient (Wildman–Crippen LogP) is 4.42. The fourth-order valence-electron chi connectivity index (χ4n) is 3.43. The number of anilines is 1. The summed E-state index contributed by atoms with van der Waals surface area (Å²) < 4.78 is 10.7. The summed E-state index contributed by atoms with van der Waals surface area (Å²) in [5.41, 5.74) is 2.71. The molecule has 1 aliphatic rings. The number of benzene rings is 2. The second-order valence-electron chi connectivity index (χ2n) is 6.84. The number of hydrogen-bond donors (Lipinski definition) is 1. The quantitative estimate of drug-likeness (QED) is 0.727. The lowest BCUT2D eigenvalue weighted by Gasteiger charge is -2.22. The molecule has 3 aromatic rings. The van der Waals surface area contributed by atoms with Crippen LogP contribution in [0.4, 0.5) is 10.5 Å². The lowest BCUT2D eigenvalue weighted by atomic mass is 10.1. The van der Waals surface area contributed by atoms with E-state index in [4.69, 9.17) is 9.26 Å². The first-order valence-electron chi connectivity index (χ1n) is 9.26. The normalized spacial score (nSPS) is 16.2. The molecule has 4 rings (SSSR count). The molecule has 0 bridgehead atoms. The van der Waals surface area contributed by atoms with Crippen molar-refractivity contribution in [1.29, 1.82) is 0 Å². The van der Waals surface area contributed by atoms with Gasteiger partial charge < -0.3 is 19.5 Å². The van der Waals surface area contributed by atoms with Gasteiger partial charge in [-0.2, -0.15) is 4.98 Å². The number of carbonyl (C=O) groups excluding carboxylic acids is 1. The number of methoxy groups -OCH3 is 1. The summed E-state index contributed by atoms with van der Waals surface area (Å²) in [6.45, 7) is 2.66. The third-order valence-corrected chi connectivity index (χ3v) is 4.84. The van der Waals surface area contributed by atoms with Crippen molar-refractivity contribution in [1.82, 2.24) is 15.0 Å². The molecule has 1 N–H and O–H groups in total. The third-order valence-electron chi connectivity index (χ3n) is 4.84. The van der Waals surface area contributed by atoms with E-state index in [1.54, 1.807) is 18.1 Å². The van der Waals surface area contributed by atoms with Crippen LogP contribution in [0.1, 0.15) is 30.3 Å². The highest BCUT2D eigenvalue weighted by Gasteiger charge is 2.34. The zero-order valence-corrected chi connectivity index (χ0v) is 15.9. The monoisotopic (exact) mass is 378 g/mol. The van der Waals surface area contributed by atoms with Crippen LogP contribution in [0.5, 0.6) is 5.75 Å². The summed E-state index contributed by atoms with van der Waals surface area (Å²) in [7, 11) is 1.60. The van der Waals surface area contributed by atoms with Gasteiger partial charge >= 0.3 is 6.03 Å². The number of nitrogens with one attached hydrogen (secondary N) is 1. The Morgan fingerprint density at radius 1 is 1.25 bits per heavy atom. The molecule has 1 aliphatic heterocycles. The van der Waals surface area contributed by atoms with Gasteiger partial charge in [0.15, 0.2) is 0 Å². The van der Waals surface area contributed by atoms with Gasteiger partial charge in [0, 0.05) is 23.9 Å². The molecule has 0 unspecified atom stereocenters. The molecule has 1 saturated heterocycles. The number of aryl methyl sites for hydroxylation is 1. The number of urea groups is 1. The fourth-order valence-corrected chi connectivity index (χ4v) is 3.43. The van der Waals surface area contributed by atoms with Gasteiger partial charge in [0.2, 0.25) is 11.7 Å². The van der Waals surface area contributed by atoms with Crippen molar-refractivity contribution >= 4 is 11.7 Å². The Balaban J connectivity index is 1.51. The van der Waals surface area contributed by atoms with Crippen LogP contribution in [0, 0.1) is 6.92 Å². The van der Waals surface area contributed by atoms with E-state index in [9.17, 15) is 4.79 Å². The van der Waals surface area contributed by atoms with Crippen LogP contribution >= 0.6 is 0 Å². The third kappa shape index (κ3) is 3.69. The van der Waals surface area contributed by atoms with E-state index >= 15 is 0 Å². The Morgan fingerprint density at radius 2 is 2.11 bits per heavy atom. The van der Waals surface area contributed by atoms with Crippen LogP contribution in [0.15, 0.2) is 53.1 Å². The zero-order valence-electron chi connectivity index (χ0n) is 15.9. The highest BCUT2D eigenvalue weighted by molar-refractivity contribution is 5.90. The molecule has 7 heteroatoms. The summed E-state index contributed by atoms with van der Waals surface area (Å²) in [5, 5.41) is 7.03. The van der Waals surface area contributed by atoms with E-state index in [1.165, 1.54) is 0 Å². The van der Waals surface area contributed by atoms with Gasteiger partial charge in [-0.3, -0.25) is 0 Å². The molecule has 2 aromatic carbocycles. The molecule has 144 valence electrons. The van der Waals surface area contributed by atoms with Gasteiger partial charge in [-0.1, -0.05) is 35.0 Å². The van der Waals surface area contributed by atoms with Crippen molar-refractivity contribution < 1.29 is 14.1 Å². The van der Waals surface area contributed by atoms with Gasteiger partial charge in [0.05, 0.1) is 7.11 Å². The van der Waals surface area contributed by atoms with E-state index in [-0.39, 0.29) is 12.1 Å².